The molecule has 36 heavy (non-hydrogen) atoms. The summed E-state index contributed by atoms with van der Waals surface area (Å²) >= 11 is 0. The number of carbonyl (C=O) groups is 1. The van der Waals surface area contributed by atoms with Gasteiger partial charge in [-0.05, 0) is 51.2 Å². The van der Waals surface area contributed by atoms with Crippen LogP contribution >= 0.6 is 0 Å². The molecule has 2 heterocycles. The lowest BCUT2D eigenvalue weighted by Gasteiger charge is -2.59. The quantitative estimate of drug-likeness (QED) is 0.143. The highest BCUT2D eigenvalue weighted by Crippen LogP contribution is 2.49. The molecule has 10 heteroatoms. The molecule has 5 N–H and O–H groups in total. The average Bonchev–Trinajstić information content (AvgIpc) is 3.50. The topological polar surface area (TPSA) is 134 Å². The lowest BCUT2D eigenvalue weighted by Crippen LogP contribution is -2.67. The van der Waals surface area contributed by atoms with Crippen molar-refractivity contribution >= 4 is 17.6 Å². The van der Waals surface area contributed by atoms with Gasteiger partial charge in [0, 0.05) is 55.5 Å². The van der Waals surface area contributed by atoms with Gasteiger partial charge in [0.25, 0.3) is 5.91 Å². The molecule has 1 spiro atoms. The first kappa shape index (κ1) is 25.7. The maximum absolute atomic E-state index is 12.5. The standard InChI is InChI=1S/C26H39N9O/c1-4-8-22(29-19-13-26(14-19)16-35(17-26)25(36)21(32-27)15-28-3)30-23(9-5-2)31-24-12-20(33-34-24)18-10-6-7-11-18/h5,8-9,12,15,18-19,27-29H,4,6-7,10-11,13-14,16-17H2,1-3H3,(H2,30,31,33,34)/b9-5-,21-15-,22-8+,32-27?. The Kier molecular flexibility index (Phi) is 8.22. The zero-order valence-corrected chi connectivity index (χ0v) is 21.6. The lowest BCUT2D eigenvalue weighted by atomic mass is 9.60. The van der Waals surface area contributed by atoms with Crippen LogP contribution < -0.4 is 16.0 Å². The van der Waals surface area contributed by atoms with Crippen molar-refractivity contribution in [3.05, 3.63) is 47.7 Å². The van der Waals surface area contributed by atoms with Crippen LogP contribution in [0.15, 0.2) is 52.1 Å². The third-order valence-corrected chi connectivity index (χ3v) is 7.28. The van der Waals surface area contributed by atoms with Gasteiger partial charge < -0.3 is 20.9 Å². The minimum Gasteiger partial charge on any atom is -0.392 e. The van der Waals surface area contributed by atoms with E-state index in [1.54, 1.807) is 11.9 Å². The molecular weight excluding hydrogens is 454 g/mol. The number of amides is 1. The number of nitrogens with zero attached hydrogens (tertiary/aromatic N) is 4. The summed E-state index contributed by atoms with van der Waals surface area (Å²) in [4.78, 5) is 19.1. The molecule has 0 radical (unpaired) electrons. The molecule has 0 bridgehead atoms. The van der Waals surface area contributed by atoms with Crippen LogP contribution in [0.25, 0.3) is 0 Å². The van der Waals surface area contributed by atoms with E-state index >= 15 is 0 Å². The van der Waals surface area contributed by atoms with E-state index in [9.17, 15) is 4.79 Å². The number of carbonyl (C=O) groups excluding carboxylic acids is 1. The molecule has 3 aliphatic rings. The Morgan fingerprint density at radius 2 is 2.08 bits per heavy atom. The van der Waals surface area contributed by atoms with Gasteiger partial charge in [0.2, 0.25) is 0 Å². The number of H-pyrrole nitrogens is 1. The van der Waals surface area contributed by atoms with Crippen LogP contribution in [0.1, 0.15) is 70.4 Å². The van der Waals surface area contributed by atoms with E-state index in [0.29, 0.717) is 25.0 Å². The second-order valence-electron chi connectivity index (χ2n) is 10.2. The van der Waals surface area contributed by atoms with Gasteiger partial charge in [0.05, 0.1) is 0 Å². The van der Waals surface area contributed by atoms with Crippen molar-refractivity contribution in [1.82, 2.24) is 25.7 Å². The predicted octanol–water partition coefficient (Wildman–Crippen LogP) is 4.38. The lowest BCUT2D eigenvalue weighted by molar-refractivity contribution is -0.147. The fraction of sp³-hybridized carbons (Fsp3) is 0.577. The number of aliphatic imine (C=N–C) groups is 1. The van der Waals surface area contributed by atoms with E-state index in [4.69, 9.17) is 10.5 Å². The van der Waals surface area contributed by atoms with E-state index in [2.05, 4.69) is 50.3 Å². The van der Waals surface area contributed by atoms with Crippen LogP contribution in [-0.4, -0.2) is 53.0 Å². The highest BCUT2D eigenvalue weighted by atomic mass is 16.2. The number of likely N-dealkylation sites (tertiary alicyclic amines) is 1. The Hall–Kier alpha value is -3.43. The van der Waals surface area contributed by atoms with Crippen molar-refractivity contribution < 1.29 is 4.79 Å². The molecule has 0 aromatic carbocycles. The first-order chi connectivity index (χ1) is 17.5. The Morgan fingerprint density at radius 3 is 2.72 bits per heavy atom. The summed E-state index contributed by atoms with van der Waals surface area (Å²) in [5, 5.41) is 20.8. The van der Waals surface area contributed by atoms with Gasteiger partial charge in [-0.25, -0.2) is 10.5 Å². The first-order valence-corrected chi connectivity index (χ1v) is 13.0. The van der Waals surface area contributed by atoms with Crippen LogP contribution in [-0.2, 0) is 4.79 Å². The number of aromatic nitrogens is 2. The molecule has 3 fully saturated rings. The number of nitrogens with one attached hydrogen (secondary N) is 5. The summed E-state index contributed by atoms with van der Waals surface area (Å²) in [6.07, 6.45) is 15.4. The fourth-order valence-corrected chi connectivity index (χ4v) is 5.61. The van der Waals surface area contributed by atoms with Crippen LogP contribution in [0.5, 0.6) is 0 Å². The molecule has 1 aliphatic heterocycles. The predicted molar refractivity (Wildman–Crippen MR) is 142 cm³/mol. The van der Waals surface area contributed by atoms with Gasteiger partial charge in [-0.2, -0.15) is 10.2 Å². The number of aromatic amines is 1. The van der Waals surface area contributed by atoms with Crippen molar-refractivity contribution in [2.24, 2.45) is 15.5 Å². The number of allylic oxidation sites excluding steroid dienone is 2. The molecule has 1 amide bonds. The van der Waals surface area contributed by atoms with Crippen molar-refractivity contribution in [2.75, 3.05) is 25.5 Å². The Morgan fingerprint density at radius 1 is 1.33 bits per heavy atom. The molecule has 0 unspecified atom stereocenters. The van der Waals surface area contributed by atoms with Crippen LogP contribution in [0.2, 0.25) is 0 Å². The summed E-state index contributed by atoms with van der Waals surface area (Å²) in [7, 11) is 1.70. The summed E-state index contributed by atoms with van der Waals surface area (Å²) in [5.74, 6) is 2.78. The van der Waals surface area contributed by atoms with Gasteiger partial charge in [-0.15, -0.1) is 0 Å². The van der Waals surface area contributed by atoms with E-state index in [0.717, 1.165) is 36.7 Å². The summed E-state index contributed by atoms with van der Waals surface area (Å²) in [6, 6.07) is 2.43. The van der Waals surface area contributed by atoms with Crippen molar-refractivity contribution in [2.45, 2.75) is 70.8 Å². The highest BCUT2D eigenvalue weighted by molar-refractivity contribution is 6.03. The van der Waals surface area contributed by atoms with Gasteiger partial charge in [-0.3, -0.25) is 9.89 Å². The zero-order chi connectivity index (χ0) is 25.5. The van der Waals surface area contributed by atoms with Gasteiger partial charge >= 0.3 is 0 Å². The van der Waals surface area contributed by atoms with Crippen LogP contribution in [0.4, 0.5) is 5.82 Å². The average molecular weight is 494 g/mol. The monoisotopic (exact) mass is 493 g/mol. The second kappa shape index (κ2) is 11.5. The van der Waals surface area contributed by atoms with E-state index < -0.39 is 0 Å². The third-order valence-electron chi connectivity index (χ3n) is 7.28. The summed E-state index contributed by atoms with van der Waals surface area (Å²) in [6.45, 7) is 5.51. The molecule has 0 atom stereocenters. The number of rotatable bonds is 10. The number of amidine groups is 1. The number of anilines is 1. The van der Waals surface area contributed by atoms with Gasteiger partial charge in [-0.1, -0.05) is 25.8 Å². The second-order valence-corrected chi connectivity index (χ2v) is 10.2. The third kappa shape index (κ3) is 5.85. The molecule has 2 aliphatic carbocycles. The Bertz CT molecular complexity index is 1050. The maximum atomic E-state index is 12.5. The summed E-state index contributed by atoms with van der Waals surface area (Å²) < 4.78 is 0. The van der Waals surface area contributed by atoms with Crippen molar-refractivity contribution in [3.8, 4) is 0 Å². The maximum Gasteiger partial charge on any atom is 0.275 e. The minimum atomic E-state index is -0.186. The van der Waals surface area contributed by atoms with E-state index in [-0.39, 0.29) is 17.0 Å². The van der Waals surface area contributed by atoms with Crippen molar-refractivity contribution in [1.29, 1.82) is 5.53 Å². The molecule has 1 saturated heterocycles. The van der Waals surface area contributed by atoms with Gasteiger partial charge in [0.1, 0.15) is 11.7 Å². The van der Waals surface area contributed by atoms with Crippen LogP contribution in [0.3, 0.4) is 0 Å². The molecule has 10 nitrogen and oxygen atoms in total. The van der Waals surface area contributed by atoms with Gasteiger partial charge in [0.15, 0.2) is 11.5 Å². The molecule has 4 rings (SSSR count). The molecule has 194 valence electrons. The SMILES string of the molecule is C\C=C/C(=N\C(=C\CC)NC1CC2(C1)CN(C(=O)/C(=C/NC)N=N)C2)Nc1cc(C2CCCC2)[nH]n1. The minimum absolute atomic E-state index is 0.139. The van der Waals surface area contributed by atoms with Crippen molar-refractivity contribution in [3.63, 3.8) is 0 Å². The Labute approximate surface area is 213 Å². The highest BCUT2D eigenvalue weighted by Gasteiger charge is 2.54. The molecular formula is C26H39N9O. The number of hydrogen-bond donors (Lipinski definition) is 5. The summed E-state index contributed by atoms with van der Waals surface area (Å²) in [5.41, 5.74) is 8.72. The normalized spacial score (nSPS) is 21.0. The smallest absolute Gasteiger partial charge is 0.275 e. The van der Waals surface area contributed by atoms with E-state index in [1.165, 1.54) is 37.6 Å². The zero-order valence-electron chi connectivity index (χ0n) is 21.6. The fourth-order valence-electron chi connectivity index (χ4n) is 5.61. The van der Waals surface area contributed by atoms with Crippen LogP contribution in [0, 0.1) is 10.9 Å². The molecule has 2 saturated carbocycles. The Balaban J connectivity index is 1.33. The van der Waals surface area contributed by atoms with E-state index in [1.807, 2.05) is 19.1 Å². The largest absolute Gasteiger partial charge is 0.392 e. The molecule has 1 aromatic rings. The number of hydrogen-bond acceptors (Lipinski definition) is 7. The first-order valence-electron chi connectivity index (χ1n) is 13.0. The molecule has 1 aromatic heterocycles.